The lowest BCUT2D eigenvalue weighted by molar-refractivity contribution is 0.102. The molecule has 27 heavy (non-hydrogen) atoms. The molecule has 3 aromatic carbocycles. The van der Waals surface area contributed by atoms with Crippen LogP contribution in [0.15, 0.2) is 77.7 Å². The topological polar surface area (TPSA) is 75.3 Å². The Hall–Kier alpha value is -3.12. The molecule has 5 nitrogen and oxygen atoms in total. The van der Waals surface area contributed by atoms with E-state index in [4.69, 9.17) is 0 Å². The van der Waals surface area contributed by atoms with E-state index >= 15 is 0 Å². The van der Waals surface area contributed by atoms with Gasteiger partial charge in [-0.3, -0.25) is 9.52 Å². The average molecular weight is 380 g/mol. The number of aryl methyl sites for hydroxylation is 2. The lowest BCUT2D eigenvalue weighted by Crippen LogP contribution is -2.15. The van der Waals surface area contributed by atoms with Gasteiger partial charge in [0.25, 0.3) is 15.9 Å². The number of carbonyl (C=O) groups is 1. The molecule has 0 aliphatic heterocycles. The number of anilines is 2. The molecule has 0 saturated carbocycles. The van der Waals surface area contributed by atoms with Crippen LogP contribution in [0.5, 0.6) is 0 Å². The van der Waals surface area contributed by atoms with E-state index in [1.807, 2.05) is 25.1 Å². The molecule has 0 bridgehead atoms. The molecule has 3 aromatic rings. The van der Waals surface area contributed by atoms with Crippen LogP contribution < -0.4 is 10.0 Å². The Bertz CT molecular complexity index is 1060. The molecule has 0 heterocycles. The van der Waals surface area contributed by atoms with Gasteiger partial charge in [0.1, 0.15) is 0 Å². The number of rotatable bonds is 5. The van der Waals surface area contributed by atoms with Gasteiger partial charge in [-0.15, -0.1) is 0 Å². The Morgan fingerprint density at radius 1 is 0.852 bits per heavy atom. The Morgan fingerprint density at radius 3 is 2.15 bits per heavy atom. The zero-order chi connectivity index (χ0) is 19.4. The summed E-state index contributed by atoms with van der Waals surface area (Å²) >= 11 is 0. The summed E-state index contributed by atoms with van der Waals surface area (Å²) in [5.74, 6) is -0.243. The number of benzene rings is 3. The SMILES string of the molecule is Cc1ccc(NS(=O)(=O)c2ccc(NC(=O)c3ccccc3)c(C)c2)cc1. The molecule has 138 valence electrons. The van der Waals surface area contributed by atoms with Crippen LogP contribution in [0, 0.1) is 13.8 Å². The molecule has 1 amide bonds. The van der Waals surface area contributed by atoms with Gasteiger partial charge in [-0.1, -0.05) is 35.9 Å². The van der Waals surface area contributed by atoms with E-state index in [0.29, 0.717) is 22.5 Å². The van der Waals surface area contributed by atoms with Crippen molar-refractivity contribution in [3.05, 3.63) is 89.5 Å². The first-order chi connectivity index (χ1) is 12.8. The van der Waals surface area contributed by atoms with E-state index in [9.17, 15) is 13.2 Å². The number of sulfonamides is 1. The van der Waals surface area contributed by atoms with Gasteiger partial charge in [0, 0.05) is 16.9 Å². The summed E-state index contributed by atoms with van der Waals surface area (Å²) in [5, 5.41) is 2.81. The normalized spacial score (nSPS) is 11.0. The summed E-state index contributed by atoms with van der Waals surface area (Å²) in [6.07, 6.45) is 0. The largest absolute Gasteiger partial charge is 0.322 e. The quantitative estimate of drug-likeness (QED) is 0.691. The van der Waals surface area contributed by atoms with E-state index in [1.54, 1.807) is 49.4 Å². The van der Waals surface area contributed by atoms with Crippen molar-refractivity contribution in [1.82, 2.24) is 0 Å². The van der Waals surface area contributed by atoms with Crippen LogP contribution in [0.2, 0.25) is 0 Å². The van der Waals surface area contributed by atoms with E-state index in [0.717, 1.165) is 5.56 Å². The predicted molar refractivity (Wildman–Crippen MR) is 108 cm³/mol. The van der Waals surface area contributed by atoms with Crippen LogP contribution in [0.1, 0.15) is 21.5 Å². The fourth-order valence-corrected chi connectivity index (χ4v) is 3.71. The van der Waals surface area contributed by atoms with Crippen molar-refractivity contribution in [1.29, 1.82) is 0 Å². The lowest BCUT2D eigenvalue weighted by atomic mass is 10.1. The van der Waals surface area contributed by atoms with Gasteiger partial charge >= 0.3 is 0 Å². The van der Waals surface area contributed by atoms with E-state index in [-0.39, 0.29) is 10.8 Å². The van der Waals surface area contributed by atoms with Crippen molar-refractivity contribution in [3.8, 4) is 0 Å². The Kier molecular flexibility index (Phi) is 5.28. The molecule has 0 fully saturated rings. The highest BCUT2D eigenvalue weighted by atomic mass is 32.2. The summed E-state index contributed by atoms with van der Waals surface area (Å²) in [5.41, 5.74) is 3.31. The maximum atomic E-state index is 12.6. The minimum atomic E-state index is -3.71. The van der Waals surface area contributed by atoms with Crippen LogP contribution in [-0.2, 0) is 10.0 Å². The molecule has 0 aliphatic carbocycles. The highest BCUT2D eigenvalue weighted by Crippen LogP contribution is 2.22. The van der Waals surface area contributed by atoms with Crippen LogP contribution in [0.25, 0.3) is 0 Å². The van der Waals surface area contributed by atoms with Crippen LogP contribution in [0.4, 0.5) is 11.4 Å². The summed E-state index contributed by atoms with van der Waals surface area (Å²) in [6, 6.07) is 20.6. The zero-order valence-corrected chi connectivity index (χ0v) is 15.9. The van der Waals surface area contributed by atoms with Gasteiger partial charge in [0.15, 0.2) is 0 Å². The third-order valence-electron chi connectivity index (χ3n) is 4.10. The summed E-state index contributed by atoms with van der Waals surface area (Å²) in [4.78, 5) is 12.4. The monoisotopic (exact) mass is 380 g/mol. The van der Waals surface area contributed by atoms with Gasteiger partial charge in [-0.25, -0.2) is 8.42 Å². The molecule has 0 unspecified atom stereocenters. The van der Waals surface area contributed by atoms with E-state index in [1.165, 1.54) is 12.1 Å². The summed E-state index contributed by atoms with van der Waals surface area (Å²) in [7, 11) is -3.71. The molecule has 6 heteroatoms. The smallest absolute Gasteiger partial charge is 0.261 e. The van der Waals surface area contributed by atoms with E-state index < -0.39 is 10.0 Å². The van der Waals surface area contributed by atoms with Crippen molar-refractivity contribution in [3.63, 3.8) is 0 Å². The maximum Gasteiger partial charge on any atom is 0.261 e. The Labute approximate surface area is 159 Å². The van der Waals surface area contributed by atoms with Crippen molar-refractivity contribution < 1.29 is 13.2 Å². The Morgan fingerprint density at radius 2 is 1.52 bits per heavy atom. The first-order valence-electron chi connectivity index (χ1n) is 8.42. The van der Waals surface area contributed by atoms with Crippen molar-refractivity contribution >= 4 is 27.3 Å². The van der Waals surface area contributed by atoms with Gasteiger partial charge in [-0.2, -0.15) is 0 Å². The second kappa shape index (κ2) is 7.63. The highest BCUT2D eigenvalue weighted by Gasteiger charge is 2.16. The first-order valence-corrected chi connectivity index (χ1v) is 9.90. The molecule has 0 saturated heterocycles. The lowest BCUT2D eigenvalue weighted by Gasteiger charge is -2.12. The second-order valence-corrected chi connectivity index (χ2v) is 7.95. The minimum Gasteiger partial charge on any atom is -0.322 e. The number of hydrogen-bond acceptors (Lipinski definition) is 3. The molecule has 0 atom stereocenters. The van der Waals surface area contributed by atoms with Gasteiger partial charge in [-0.05, 0) is 61.9 Å². The molecular formula is C21H20N2O3S. The third-order valence-corrected chi connectivity index (χ3v) is 5.48. The molecular weight excluding hydrogens is 360 g/mol. The van der Waals surface area contributed by atoms with Crippen LogP contribution in [-0.4, -0.2) is 14.3 Å². The highest BCUT2D eigenvalue weighted by molar-refractivity contribution is 7.92. The van der Waals surface area contributed by atoms with Crippen molar-refractivity contribution in [2.45, 2.75) is 18.7 Å². The Balaban J connectivity index is 1.79. The molecule has 0 spiro atoms. The minimum absolute atomic E-state index is 0.137. The van der Waals surface area contributed by atoms with Gasteiger partial charge in [0.2, 0.25) is 0 Å². The van der Waals surface area contributed by atoms with Crippen LogP contribution in [0.3, 0.4) is 0 Å². The number of carbonyl (C=O) groups excluding carboxylic acids is 1. The number of nitrogens with one attached hydrogen (secondary N) is 2. The number of amides is 1. The van der Waals surface area contributed by atoms with Crippen molar-refractivity contribution in [2.24, 2.45) is 0 Å². The average Bonchev–Trinajstić information content (AvgIpc) is 2.65. The molecule has 3 rings (SSSR count). The van der Waals surface area contributed by atoms with Gasteiger partial charge in [0.05, 0.1) is 4.90 Å². The third kappa shape index (κ3) is 4.54. The number of hydrogen-bond donors (Lipinski definition) is 2. The van der Waals surface area contributed by atoms with Crippen LogP contribution >= 0.6 is 0 Å². The first kappa shape index (κ1) is 18.7. The molecule has 2 N–H and O–H groups in total. The van der Waals surface area contributed by atoms with Crippen molar-refractivity contribution in [2.75, 3.05) is 10.0 Å². The summed E-state index contributed by atoms with van der Waals surface area (Å²) in [6.45, 7) is 3.69. The fraction of sp³-hybridized carbons (Fsp3) is 0.0952. The zero-order valence-electron chi connectivity index (χ0n) is 15.1. The maximum absolute atomic E-state index is 12.6. The summed E-state index contributed by atoms with van der Waals surface area (Å²) < 4.78 is 27.8. The van der Waals surface area contributed by atoms with E-state index in [2.05, 4.69) is 10.0 Å². The van der Waals surface area contributed by atoms with Gasteiger partial charge < -0.3 is 5.32 Å². The molecule has 0 aliphatic rings. The fourth-order valence-electron chi connectivity index (χ4n) is 2.56. The standard InChI is InChI=1S/C21H20N2O3S/c1-15-8-10-18(11-9-15)23-27(25,26)19-12-13-20(16(2)14-19)22-21(24)17-6-4-3-5-7-17/h3-14,23H,1-2H3,(H,22,24). The second-order valence-electron chi connectivity index (χ2n) is 6.27. The predicted octanol–water partition coefficient (Wildman–Crippen LogP) is 4.36. The molecule has 0 radical (unpaired) electrons. The molecule has 0 aromatic heterocycles.